The summed E-state index contributed by atoms with van der Waals surface area (Å²) in [5.41, 5.74) is 0.167. The SMILES string of the molecule is CC(C)(C)CC(=O)C1CC2CCC(C1)S2. The van der Waals surface area contributed by atoms with Crippen LogP contribution in [0.15, 0.2) is 0 Å². The topological polar surface area (TPSA) is 17.1 Å². The first-order chi connectivity index (χ1) is 6.94. The minimum atomic E-state index is 0.167. The highest BCUT2D eigenvalue weighted by molar-refractivity contribution is 8.00. The highest BCUT2D eigenvalue weighted by Gasteiger charge is 2.38. The molecule has 2 heterocycles. The van der Waals surface area contributed by atoms with Crippen molar-refractivity contribution in [1.29, 1.82) is 0 Å². The Morgan fingerprint density at radius 3 is 2.20 bits per heavy atom. The second-order valence-corrected chi connectivity index (χ2v) is 7.94. The molecule has 2 fully saturated rings. The van der Waals surface area contributed by atoms with Crippen LogP contribution >= 0.6 is 11.8 Å². The van der Waals surface area contributed by atoms with E-state index in [1.165, 1.54) is 12.8 Å². The predicted octanol–water partition coefficient (Wildman–Crippen LogP) is 3.67. The molecule has 2 saturated heterocycles. The molecule has 2 heteroatoms. The van der Waals surface area contributed by atoms with Crippen LogP contribution in [0.4, 0.5) is 0 Å². The number of fused-ring (bicyclic) bond motifs is 2. The number of thioether (sulfide) groups is 1. The molecule has 2 aliphatic heterocycles. The highest BCUT2D eigenvalue weighted by Crippen LogP contribution is 2.46. The molecule has 86 valence electrons. The van der Waals surface area contributed by atoms with E-state index in [2.05, 4.69) is 32.5 Å². The lowest BCUT2D eigenvalue weighted by atomic mass is 9.83. The third kappa shape index (κ3) is 2.99. The summed E-state index contributed by atoms with van der Waals surface area (Å²) in [5.74, 6) is 0.919. The zero-order chi connectivity index (χ0) is 11.1. The molecule has 2 aliphatic rings. The maximum absolute atomic E-state index is 12.1. The first-order valence-electron chi connectivity index (χ1n) is 6.12. The summed E-state index contributed by atoms with van der Waals surface area (Å²) in [6.45, 7) is 6.49. The minimum absolute atomic E-state index is 0.167. The van der Waals surface area contributed by atoms with E-state index >= 15 is 0 Å². The van der Waals surface area contributed by atoms with Gasteiger partial charge in [-0.15, -0.1) is 0 Å². The van der Waals surface area contributed by atoms with E-state index < -0.39 is 0 Å². The van der Waals surface area contributed by atoms with Gasteiger partial charge in [0.2, 0.25) is 0 Å². The summed E-state index contributed by atoms with van der Waals surface area (Å²) in [7, 11) is 0. The van der Waals surface area contributed by atoms with Gasteiger partial charge >= 0.3 is 0 Å². The number of ketones is 1. The lowest BCUT2D eigenvalue weighted by Gasteiger charge is -2.28. The largest absolute Gasteiger partial charge is 0.299 e. The fourth-order valence-electron chi connectivity index (χ4n) is 2.79. The summed E-state index contributed by atoms with van der Waals surface area (Å²) in [6.07, 6.45) is 5.80. The maximum atomic E-state index is 12.1. The van der Waals surface area contributed by atoms with Gasteiger partial charge in [0.05, 0.1) is 0 Å². The molecule has 0 aromatic rings. The normalized spacial score (nSPS) is 35.5. The first-order valence-corrected chi connectivity index (χ1v) is 7.06. The lowest BCUT2D eigenvalue weighted by Crippen LogP contribution is -2.27. The smallest absolute Gasteiger partial charge is 0.136 e. The molecule has 15 heavy (non-hydrogen) atoms. The quantitative estimate of drug-likeness (QED) is 0.714. The van der Waals surface area contributed by atoms with E-state index in [-0.39, 0.29) is 5.41 Å². The summed E-state index contributed by atoms with van der Waals surface area (Å²) >= 11 is 2.14. The van der Waals surface area contributed by atoms with E-state index in [0.29, 0.717) is 11.7 Å². The molecule has 0 saturated carbocycles. The molecule has 0 spiro atoms. The van der Waals surface area contributed by atoms with E-state index in [0.717, 1.165) is 29.8 Å². The molecule has 0 N–H and O–H groups in total. The third-order valence-electron chi connectivity index (χ3n) is 3.45. The Morgan fingerprint density at radius 1 is 1.20 bits per heavy atom. The van der Waals surface area contributed by atoms with E-state index in [1.54, 1.807) is 0 Å². The molecule has 0 amide bonds. The van der Waals surface area contributed by atoms with Gasteiger partial charge in [-0.2, -0.15) is 11.8 Å². The van der Waals surface area contributed by atoms with Crippen molar-refractivity contribution in [2.24, 2.45) is 11.3 Å². The van der Waals surface area contributed by atoms with Crippen LogP contribution < -0.4 is 0 Å². The number of Topliss-reactive ketones (excluding diaryl/α,β-unsaturated/α-hetero) is 1. The summed E-state index contributed by atoms with van der Waals surface area (Å²) < 4.78 is 0. The Labute approximate surface area is 97.4 Å². The summed E-state index contributed by atoms with van der Waals surface area (Å²) in [4.78, 5) is 12.1. The first kappa shape index (κ1) is 11.5. The molecule has 2 bridgehead atoms. The Hall–Kier alpha value is 0.0200. The van der Waals surface area contributed by atoms with Crippen LogP contribution in [0.1, 0.15) is 52.9 Å². The summed E-state index contributed by atoms with van der Waals surface area (Å²) in [5, 5.41) is 1.61. The molecular weight excluding hydrogens is 204 g/mol. The zero-order valence-electron chi connectivity index (χ0n) is 10.1. The molecule has 0 aromatic heterocycles. The van der Waals surface area contributed by atoms with Crippen molar-refractivity contribution in [3.05, 3.63) is 0 Å². The maximum Gasteiger partial charge on any atom is 0.136 e. The Bertz CT molecular complexity index is 242. The van der Waals surface area contributed by atoms with Crippen LogP contribution in [0.2, 0.25) is 0 Å². The average molecular weight is 226 g/mol. The fraction of sp³-hybridized carbons (Fsp3) is 0.923. The second-order valence-electron chi connectivity index (χ2n) is 6.33. The van der Waals surface area contributed by atoms with Crippen molar-refractivity contribution < 1.29 is 4.79 Å². The Morgan fingerprint density at radius 2 is 1.73 bits per heavy atom. The van der Waals surface area contributed by atoms with Gasteiger partial charge in [-0.05, 0) is 31.1 Å². The van der Waals surface area contributed by atoms with Gasteiger partial charge in [0.15, 0.2) is 0 Å². The van der Waals surface area contributed by atoms with Crippen molar-refractivity contribution in [2.45, 2.75) is 63.4 Å². The molecule has 0 aliphatic carbocycles. The molecule has 2 atom stereocenters. The zero-order valence-corrected chi connectivity index (χ0v) is 10.9. The van der Waals surface area contributed by atoms with Gasteiger partial charge in [0.25, 0.3) is 0 Å². The standard InChI is InChI=1S/C13H22OS/c1-13(2,3)8-12(14)9-6-10-4-5-11(7-9)15-10/h9-11H,4-8H2,1-3H3. The second kappa shape index (κ2) is 4.12. The van der Waals surface area contributed by atoms with Crippen LogP contribution in [0.5, 0.6) is 0 Å². The Kier molecular flexibility index (Phi) is 3.16. The van der Waals surface area contributed by atoms with Crippen LogP contribution in [0.25, 0.3) is 0 Å². The number of hydrogen-bond acceptors (Lipinski definition) is 2. The van der Waals surface area contributed by atoms with Crippen LogP contribution in [-0.2, 0) is 4.79 Å². The van der Waals surface area contributed by atoms with Crippen LogP contribution in [0, 0.1) is 11.3 Å². The van der Waals surface area contributed by atoms with Crippen molar-refractivity contribution in [2.75, 3.05) is 0 Å². The molecule has 2 rings (SSSR count). The van der Waals surface area contributed by atoms with Gasteiger partial charge in [0.1, 0.15) is 5.78 Å². The molecule has 1 nitrogen and oxygen atoms in total. The van der Waals surface area contributed by atoms with Gasteiger partial charge < -0.3 is 0 Å². The van der Waals surface area contributed by atoms with Crippen molar-refractivity contribution >= 4 is 17.5 Å². The minimum Gasteiger partial charge on any atom is -0.299 e. The van der Waals surface area contributed by atoms with E-state index in [1.807, 2.05) is 0 Å². The molecule has 0 radical (unpaired) electrons. The number of hydrogen-bond donors (Lipinski definition) is 0. The number of carbonyl (C=O) groups excluding carboxylic acids is 1. The summed E-state index contributed by atoms with van der Waals surface area (Å²) in [6, 6.07) is 0. The monoisotopic (exact) mass is 226 g/mol. The predicted molar refractivity (Wildman–Crippen MR) is 66.2 cm³/mol. The van der Waals surface area contributed by atoms with Crippen molar-refractivity contribution in [3.63, 3.8) is 0 Å². The molecular formula is C13H22OS. The van der Waals surface area contributed by atoms with Gasteiger partial charge in [-0.25, -0.2) is 0 Å². The van der Waals surface area contributed by atoms with Crippen LogP contribution in [-0.4, -0.2) is 16.3 Å². The average Bonchev–Trinajstić information content (AvgIpc) is 2.42. The number of carbonyl (C=O) groups is 1. The molecule has 2 unspecified atom stereocenters. The van der Waals surface area contributed by atoms with Gasteiger partial charge in [-0.3, -0.25) is 4.79 Å². The van der Waals surface area contributed by atoms with Crippen molar-refractivity contribution in [1.82, 2.24) is 0 Å². The van der Waals surface area contributed by atoms with E-state index in [9.17, 15) is 4.79 Å². The molecule has 0 aromatic carbocycles. The highest BCUT2D eigenvalue weighted by atomic mass is 32.2. The van der Waals surface area contributed by atoms with Gasteiger partial charge in [0, 0.05) is 22.8 Å². The fourth-order valence-corrected chi connectivity index (χ4v) is 4.56. The van der Waals surface area contributed by atoms with E-state index in [4.69, 9.17) is 0 Å². The third-order valence-corrected chi connectivity index (χ3v) is 5.08. The van der Waals surface area contributed by atoms with Crippen LogP contribution in [0.3, 0.4) is 0 Å². The van der Waals surface area contributed by atoms with Gasteiger partial charge in [-0.1, -0.05) is 20.8 Å². The number of rotatable bonds is 2. The Balaban J connectivity index is 1.91. The van der Waals surface area contributed by atoms with Crippen molar-refractivity contribution in [3.8, 4) is 0 Å². The lowest BCUT2D eigenvalue weighted by molar-refractivity contribution is -0.125.